The van der Waals surface area contributed by atoms with Crippen molar-refractivity contribution in [3.63, 3.8) is 0 Å². The number of benzene rings is 2. The van der Waals surface area contributed by atoms with Crippen molar-refractivity contribution in [2.45, 2.75) is 38.7 Å². The largest absolute Gasteiger partial charge is 0.463 e. The maximum Gasteiger partial charge on any atom is 0.336 e. The Labute approximate surface area is 211 Å². The lowest BCUT2D eigenvalue weighted by atomic mass is 9.93. The average molecular weight is 514 g/mol. The zero-order valence-electron chi connectivity index (χ0n) is 19.8. The highest BCUT2D eigenvalue weighted by Crippen LogP contribution is 2.34. The third-order valence-electron chi connectivity index (χ3n) is 6.17. The van der Waals surface area contributed by atoms with Crippen molar-refractivity contribution in [3.8, 4) is 11.1 Å². The summed E-state index contributed by atoms with van der Waals surface area (Å²) in [7, 11) is 0. The van der Waals surface area contributed by atoms with Gasteiger partial charge in [0, 0.05) is 35.7 Å². The van der Waals surface area contributed by atoms with Gasteiger partial charge in [-0.2, -0.15) is 0 Å². The van der Waals surface area contributed by atoms with E-state index in [1.165, 1.54) is 29.2 Å². The molecule has 9 heteroatoms. The number of carbonyl (C=O) groups is 3. The molecular weight excluding hydrogens is 489 g/mol. The van der Waals surface area contributed by atoms with Crippen molar-refractivity contribution in [2.24, 2.45) is 5.92 Å². The maximum atomic E-state index is 13.5. The number of amides is 1. The van der Waals surface area contributed by atoms with Crippen molar-refractivity contribution >= 4 is 40.7 Å². The van der Waals surface area contributed by atoms with E-state index in [2.05, 4.69) is 0 Å². The SMILES string of the molecule is CC(C)OC(=O)[C@H]1CCCN(C(=O)[C@@H](C=O)c2ccc3c(-c4ccc(F)cc4Cl)cc(=O)oc3c2)C1. The van der Waals surface area contributed by atoms with Gasteiger partial charge in [-0.25, -0.2) is 9.18 Å². The van der Waals surface area contributed by atoms with Gasteiger partial charge in [0.2, 0.25) is 5.91 Å². The molecule has 2 heterocycles. The van der Waals surface area contributed by atoms with Crippen molar-refractivity contribution in [2.75, 3.05) is 13.1 Å². The Kier molecular flexibility index (Phi) is 7.54. The van der Waals surface area contributed by atoms with Gasteiger partial charge in [-0.15, -0.1) is 0 Å². The number of fused-ring (bicyclic) bond motifs is 1. The first-order valence-corrected chi connectivity index (χ1v) is 12.0. The van der Waals surface area contributed by atoms with Crippen LogP contribution in [-0.4, -0.2) is 42.3 Å². The molecule has 2 atom stereocenters. The van der Waals surface area contributed by atoms with Gasteiger partial charge < -0.3 is 18.8 Å². The van der Waals surface area contributed by atoms with Gasteiger partial charge in [-0.05, 0) is 56.5 Å². The lowest BCUT2D eigenvalue weighted by Crippen LogP contribution is -2.45. The minimum Gasteiger partial charge on any atom is -0.463 e. The first-order chi connectivity index (χ1) is 17.2. The van der Waals surface area contributed by atoms with Crippen LogP contribution in [0.3, 0.4) is 0 Å². The second-order valence-electron chi connectivity index (χ2n) is 9.08. The third kappa shape index (κ3) is 5.33. The number of nitrogens with zero attached hydrogens (tertiary/aromatic N) is 1. The summed E-state index contributed by atoms with van der Waals surface area (Å²) < 4.78 is 24.2. The molecule has 0 bridgehead atoms. The standard InChI is InChI=1S/C27H25ClFNO6/c1-15(2)35-27(34)17-4-3-9-30(13-17)26(33)22(14-31)16-5-7-20-21(12-25(32)36-24(20)10-16)19-8-6-18(29)11-23(19)28/h5-8,10-12,14-15,17,22H,3-4,9,13H2,1-2H3/t17-,22-/m0/s1. The second-order valence-corrected chi connectivity index (χ2v) is 9.49. The zero-order valence-corrected chi connectivity index (χ0v) is 20.6. The fourth-order valence-electron chi connectivity index (χ4n) is 4.48. The molecule has 1 amide bonds. The second kappa shape index (κ2) is 10.6. The predicted octanol–water partition coefficient (Wildman–Crippen LogP) is 4.73. The van der Waals surface area contributed by atoms with Crippen LogP contribution < -0.4 is 5.63 Å². The number of halogens is 2. The molecule has 1 aliphatic heterocycles. The van der Waals surface area contributed by atoms with Crippen molar-refractivity contribution < 1.29 is 27.9 Å². The monoisotopic (exact) mass is 513 g/mol. The Bertz CT molecular complexity index is 1380. The summed E-state index contributed by atoms with van der Waals surface area (Å²) in [5.74, 6) is -2.90. The van der Waals surface area contributed by atoms with Crippen molar-refractivity contribution in [1.29, 1.82) is 0 Å². The summed E-state index contributed by atoms with van der Waals surface area (Å²) in [6.07, 6.45) is 1.51. The van der Waals surface area contributed by atoms with Gasteiger partial charge in [-0.1, -0.05) is 23.7 Å². The highest BCUT2D eigenvalue weighted by atomic mass is 35.5. The smallest absolute Gasteiger partial charge is 0.336 e. The number of esters is 1. The van der Waals surface area contributed by atoms with Crippen LogP contribution in [0.5, 0.6) is 0 Å². The van der Waals surface area contributed by atoms with Crippen molar-refractivity contribution in [3.05, 3.63) is 69.3 Å². The summed E-state index contributed by atoms with van der Waals surface area (Å²) in [5, 5.41) is 0.640. The minimum atomic E-state index is -1.14. The van der Waals surface area contributed by atoms with Crippen LogP contribution in [-0.2, 0) is 19.1 Å². The molecule has 4 rings (SSSR count). The van der Waals surface area contributed by atoms with E-state index in [0.29, 0.717) is 47.7 Å². The van der Waals surface area contributed by atoms with Crippen LogP contribution in [0.25, 0.3) is 22.1 Å². The highest BCUT2D eigenvalue weighted by Gasteiger charge is 2.33. The van der Waals surface area contributed by atoms with E-state index in [1.807, 2.05) is 0 Å². The molecule has 2 aromatic carbocycles. The molecule has 1 saturated heterocycles. The Morgan fingerprint density at radius 3 is 2.64 bits per heavy atom. The van der Waals surface area contributed by atoms with Gasteiger partial charge in [0.25, 0.3) is 0 Å². The van der Waals surface area contributed by atoms with Crippen LogP contribution in [0.1, 0.15) is 38.2 Å². The molecule has 36 heavy (non-hydrogen) atoms. The Morgan fingerprint density at radius 2 is 1.94 bits per heavy atom. The third-order valence-corrected chi connectivity index (χ3v) is 6.48. The number of rotatable bonds is 6. The number of carbonyl (C=O) groups excluding carboxylic acids is 3. The van der Waals surface area contributed by atoms with Gasteiger partial charge >= 0.3 is 11.6 Å². The molecule has 1 aromatic heterocycles. The Hall–Kier alpha value is -3.52. The summed E-state index contributed by atoms with van der Waals surface area (Å²) in [6, 6.07) is 9.82. The van der Waals surface area contributed by atoms with Crippen LogP contribution in [0.15, 0.2) is 51.7 Å². The normalized spacial score (nSPS) is 16.7. The first kappa shape index (κ1) is 25.6. The van der Waals surface area contributed by atoms with Gasteiger partial charge in [-0.3, -0.25) is 9.59 Å². The Balaban J connectivity index is 1.65. The molecule has 0 radical (unpaired) electrons. The maximum absolute atomic E-state index is 13.5. The van der Waals surface area contributed by atoms with E-state index in [1.54, 1.807) is 26.0 Å². The number of piperidine rings is 1. The lowest BCUT2D eigenvalue weighted by molar-refractivity contribution is -0.155. The van der Waals surface area contributed by atoms with E-state index in [9.17, 15) is 23.6 Å². The highest BCUT2D eigenvalue weighted by molar-refractivity contribution is 6.33. The summed E-state index contributed by atoms with van der Waals surface area (Å²) in [6.45, 7) is 4.12. The first-order valence-electron chi connectivity index (χ1n) is 11.7. The summed E-state index contributed by atoms with van der Waals surface area (Å²) >= 11 is 6.21. The number of ether oxygens (including phenoxy) is 1. The molecule has 0 N–H and O–H groups in total. The quantitative estimate of drug-likeness (QED) is 0.205. The number of hydrogen-bond donors (Lipinski definition) is 0. The lowest BCUT2D eigenvalue weighted by Gasteiger charge is -2.33. The van der Waals surface area contributed by atoms with Gasteiger partial charge in [0.1, 0.15) is 23.6 Å². The summed E-state index contributed by atoms with van der Waals surface area (Å²) in [5.41, 5.74) is 0.729. The van der Waals surface area contributed by atoms with E-state index in [4.69, 9.17) is 20.8 Å². The molecule has 0 aliphatic carbocycles. The fourth-order valence-corrected chi connectivity index (χ4v) is 4.75. The molecule has 0 saturated carbocycles. The van der Waals surface area contributed by atoms with Crippen molar-refractivity contribution in [1.82, 2.24) is 4.90 Å². The van der Waals surface area contributed by atoms with Crippen LogP contribution >= 0.6 is 11.6 Å². The molecular formula is C27H25ClFNO6. The molecule has 188 valence electrons. The van der Waals surface area contributed by atoms with Crippen LogP contribution in [0, 0.1) is 11.7 Å². The average Bonchev–Trinajstić information content (AvgIpc) is 2.83. The van der Waals surface area contributed by atoms with Crippen LogP contribution in [0.2, 0.25) is 5.02 Å². The van der Waals surface area contributed by atoms with Gasteiger partial charge in [0.15, 0.2) is 0 Å². The fraction of sp³-hybridized carbons (Fsp3) is 0.333. The number of aldehydes is 1. The van der Waals surface area contributed by atoms with E-state index in [-0.39, 0.29) is 29.2 Å². The summed E-state index contributed by atoms with van der Waals surface area (Å²) in [4.78, 5) is 51.5. The van der Waals surface area contributed by atoms with Crippen LogP contribution in [0.4, 0.5) is 4.39 Å². The van der Waals surface area contributed by atoms with E-state index >= 15 is 0 Å². The van der Waals surface area contributed by atoms with E-state index < -0.39 is 29.2 Å². The number of hydrogen-bond acceptors (Lipinski definition) is 6. The van der Waals surface area contributed by atoms with E-state index in [0.717, 1.165) is 6.07 Å². The molecule has 3 aromatic rings. The van der Waals surface area contributed by atoms with Gasteiger partial charge in [0.05, 0.1) is 17.0 Å². The minimum absolute atomic E-state index is 0.127. The number of likely N-dealkylation sites (tertiary alicyclic amines) is 1. The topological polar surface area (TPSA) is 93.9 Å². The molecule has 1 aliphatic rings. The predicted molar refractivity (Wildman–Crippen MR) is 132 cm³/mol. The zero-order chi connectivity index (χ0) is 26.0. The Morgan fingerprint density at radius 1 is 1.17 bits per heavy atom. The molecule has 7 nitrogen and oxygen atoms in total. The molecule has 0 spiro atoms. The molecule has 0 unspecified atom stereocenters. The molecule has 1 fully saturated rings.